The molecule has 0 amide bonds. The highest BCUT2D eigenvalue weighted by Gasteiger charge is 2.37. The largest absolute Gasteiger partial charge is 0.394 e. The Bertz CT molecular complexity index is 152. The van der Waals surface area contributed by atoms with Gasteiger partial charge in [-0.15, -0.1) is 0 Å². The van der Waals surface area contributed by atoms with Crippen molar-refractivity contribution in [1.82, 2.24) is 0 Å². The fourth-order valence-corrected chi connectivity index (χ4v) is 1.22. The van der Waals surface area contributed by atoms with Crippen molar-refractivity contribution in [2.75, 3.05) is 20.0 Å². The zero-order valence-corrected chi connectivity index (χ0v) is 7.04. The number of hydrogen-bond acceptors (Lipinski definition) is 6. The molecule has 0 unspecified atom stereocenters. The van der Waals surface area contributed by atoms with E-state index in [-0.39, 0.29) is 13.4 Å². The van der Waals surface area contributed by atoms with E-state index in [1.54, 1.807) is 0 Å². The van der Waals surface area contributed by atoms with Crippen LogP contribution >= 0.6 is 0 Å². The summed E-state index contributed by atoms with van der Waals surface area (Å²) in [5, 5.41) is 36.0. The highest BCUT2D eigenvalue weighted by molar-refractivity contribution is 4.84. The quantitative estimate of drug-likeness (QED) is 0.394. The van der Waals surface area contributed by atoms with E-state index in [1.165, 1.54) is 0 Å². The molecule has 13 heavy (non-hydrogen) atoms. The molecule has 1 saturated heterocycles. The maximum absolute atomic E-state index is 9.45. The molecule has 4 atom stereocenters. The number of aliphatic hydroxyl groups is 4. The Balaban J connectivity index is 2.54. The fourth-order valence-electron chi connectivity index (χ4n) is 1.22. The van der Waals surface area contributed by atoms with E-state index < -0.39 is 31.0 Å². The molecule has 6 nitrogen and oxygen atoms in total. The summed E-state index contributed by atoms with van der Waals surface area (Å²) in [7, 11) is 0. The Morgan fingerprint density at radius 2 is 2.00 bits per heavy atom. The SMILES string of the molecule is OC[C@@H](O)[C@H]1OCO[C@@H](CO)[C@H]1O. The van der Waals surface area contributed by atoms with Gasteiger partial charge < -0.3 is 29.9 Å². The molecule has 1 fully saturated rings. The standard InChI is InChI=1S/C7H14O6/c8-1-4(10)7-6(11)5(2-9)12-3-13-7/h4-11H,1-3H2/t4-,5+,6-,7-/m1/s1. The highest BCUT2D eigenvalue weighted by atomic mass is 16.7. The second-order valence-electron chi connectivity index (χ2n) is 2.88. The van der Waals surface area contributed by atoms with Crippen LogP contribution < -0.4 is 0 Å². The number of ether oxygens (including phenoxy) is 2. The van der Waals surface area contributed by atoms with Crippen LogP contribution in [0.2, 0.25) is 0 Å². The minimum Gasteiger partial charge on any atom is -0.394 e. The molecular formula is C7H14O6. The predicted octanol–water partition coefficient (Wildman–Crippen LogP) is -2.57. The Kier molecular flexibility index (Phi) is 4.04. The van der Waals surface area contributed by atoms with Crippen molar-refractivity contribution in [3.63, 3.8) is 0 Å². The van der Waals surface area contributed by atoms with E-state index in [1.807, 2.05) is 0 Å². The summed E-state index contributed by atoms with van der Waals surface area (Å²) < 4.78 is 9.73. The van der Waals surface area contributed by atoms with Gasteiger partial charge >= 0.3 is 0 Å². The van der Waals surface area contributed by atoms with Gasteiger partial charge in [0.05, 0.1) is 13.2 Å². The van der Waals surface area contributed by atoms with Crippen molar-refractivity contribution in [2.45, 2.75) is 24.4 Å². The van der Waals surface area contributed by atoms with E-state index in [0.717, 1.165) is 0 Å². The molecule has 0 bridgehead atoms. The van der Waals surface area contributed by atoms with Gasteiger partial charge in [-0.05, 0) is 0 Å². The van der Waals surface area contributed by atoms with Gasteiger partial charge in [0.25, 0.3) is 0 Å². The first-order chi connectivity index (χ1) is 6.20. The second kappa shape index (κ2) is 4.85. The number of rotatable bonds is 3. The zero-order valence-electron chi connectivity index (χ0n) is 7.04. The lowest BCUT2D eigenvalue weighted by molar-refractivity contribution is -0.259. The molecule has 1 aliphatic heterocycles. The van der Waals surface area contributed by atoms with Crippen LogP contribution in [0.25, 0.3) is 0 Å². The van der Waals surface area contributed by atoms with Gasteiger partial charge in [-0.2, -0.15) is 0 Å². The van der Waals surface area contributed by atoms with Gasteiger partial charge in [0.15, 0.2) is 0 Å². The van der Waals surface area contributed by atoms with Gasteiger partial charge in [-0.1, -0.05) is 0 Å². The summed E-state index contributed by atoms with van der Waals surface area (Å²) in [4.78, 5) is 0. The minimum atomic E-state index is -1.16. The van der Waals surface area contributed by atoms with Crippen LogP contribution in [0.3, 0.4) is 0 Å². The minimum absolute atomic E-state index is 0.107. The van der Waals surface area contributed by atoms with Crippen molar-refractivity contribution < 1.29 is 29.9 Å². The Morgan fingerprint density at radius 3 is 2.54 bits per heavy atom. The zero-order chi connectivity index (χ0) is 9.84. The normalized spacial score (nSPS) is 37.4. The third-order valence-corrected chi connectivity index (χ3v) is 2.01. The van der Waals surface area contributed by atoms with Gasteiger partial charge in [0.2, 0.25) is 0 Å². The summed E-state index contributed by atoms with van der Waals surface area (Å²) in [5.74, 6) is 0. The molecule has 1 heterocycles. The van der Waals surface area contributed by atoms with E-state index in [9.17, 15) is 10.2 Å². The van der Waals surface area contributed by atoms with Crippen molar-refractivity contribution in [1.29, 1.82) is 0 Å². The van der Waals surface area contributed by atoms with Gasteiger partial charge in [-0.25, -0.2) is 0 Å². The molecule has 6 heteroatoms. The van der Waals surface area contributed by atoms with Crippen LogP contribution in [0.5, 0.6) is 0 Å². The first kappa shape index (κ1) is 10.8. The summed E-state index contributed by atoms with van der Waals surface area (Å²) in [6.45, 7) is -0.955. The number of aliphatic hydroxyl groups excluding tert-OH is 4. The molecule has 4 N–H and O–H groups in total. The molecule has 0 spiro atoms. The molecule has 0 aromatic carbocycles. The Hall–Kier alpha value is -0.240. The van der Waals surface area contributed by atoms with Gasteiger partial charge in [0.1, 0.15) is 31.2 Å². The molecule has 0 saturated carbocycles. The first-order valence-corrected chi connectivity index (χ1v) is 4.01. The lowest BCUT2D eigenvalue weighted by Crippen LogP contribution is -2.53. The Morgan fingerprint density at radius 1 is 1.31 bits per heavy atom. The molecule has 0 radical (unpaired) electrons. The predicted molar refractivity (Wildman–Crippen MR) is 40.8 cm³/mol. The Labute approximate surface area is 75.3 Å². The lowest BCUT2D eigenvalue weighted by atomic mass is 10.0. The van der Waals surface area contributed by atoms with Crippen molar-refractivity contribution >= 4 is 0 Å². The summed E-state index contributed by atoms with van der Waals surface area (Å²) in [6, 6.07) is 0. The molecular weight excluding hydrogens is 180 g/mol. The third-order valence-electron chi connectivity index (χ3n) is 2.01. The molecule has 0 aromatic rings. The van der Waals surface area contributed by atoms with Crippen LogP contribution in [0.15, 0.2) is 0 Å². The molecule has 0 aliphatic carbocycles. The van der Waals surface area contributed by atoms with Crippen LogP contribution in [0, 0.1) is 0 Å². The third kappa shape index (κ3) is 2.37. The maximum Gasteiger partial charge on any atom is 0.147 e. The van der Waals surface area contributed by atoms with E-state index in [4.69, 9.17) is 19.7 Å². The van der Waals surface area contributed by atoms with Gasteiger partial charge in [0, 0.05) is 0 Å². The molecule has 1 rings (SSSR count). The van der Waals surface area contributed by atoms with Crippen molar-refractivity contribution in [3.05, 3.63) is 0 Å². The van der Waals surface area contributed by atoms with Crippen molar-refractivity contribution in [2.24, 2.45) is 0 Å². The summed E-state index contributed by atoms with van der Waals surface area (Å²) in [6.07, 6.45) is -3.95. The van der Waals surface area contributed by atoms with Crippen molar-refractivity contribution in [3.8, 4) is 0 Å². The van der Waals surface area contributed by atoms with E-state index >= 15 is 0 Å². The van der Waals surface area contributed by atoms with Crippen LogP contribution in [-0.4, -0.2) is 64.8 Å². The average molecular weight is 194 g/mol. The average Bonchev–Trinajstić information content (AvgIpc) is 2.17. The topological polar surface area (TPSA) is 99.4 Å². The van der Waals surface area contributed by atoms with Crippen LogP contribution in [0.4, 0.5) is 0 Å². The fraction of sp³-hybridized carbons (Fsp3) is 1.00. The second-order valence-corrected chi connectivity index (χ2v) is 2.88. The monoisotopic (exact) mass is 194 g/mol. The van der Waals surface area contributed by atoms with Crippen LogP contribution in [0.1, 0.15) is 0 Å². The van der Waals surface area contributed by atoms with E-state index in [0.29, 0.717) is 0 Å². The molecule has 0 aromatic heterocycles. The summed E-state index contributed by atoms with van der Waals surface area (Å²) in [5.41, 5.74) is 0. The van der Waals surface area contributed by atoms with Crippen LogP contribution in [-0.2, 0) is 9.47 Å². The first-order valence-electron chi connectivity index (χ1n) is 4.01. The smallest absolute Gasteiger partial charge is 0.147 e. The molecule has 1 aliphatic rings. The maximum atomic E-state index is 9.45. The number of hydrogen-bond donors (Lipinski definition) is 4. The lowest BCUT2D eigenvalue weighted by Gasteiger charge is -2.35. The highest BCUT2D eigenvalue weighted by Crippen LogP contribution is 2.16. The summed E-state index contributed by atoms with van der Waals surface area (Å²) >= 11 is 0. The molecule has 78 valence electrons. The van der Waals surface area contributed by atoms with E-state index in [2.05, 4.69) is 0 Å². The van der Waals surface area contributed by atoms with Gasteiger partial charge in [-0.3, -0.25) is 0 Å².